The molecule has 0 unspecified atom stereocenters. The van der Waals surface area contributed by atoms with Crippen molar-refractivity contribution in [2.45, 2.75) is 51.4 Å². The number of piperidine rings is 1. The number of hydrogen-bond acceptors (Lipinski definition) is 3. The number of nitrogens with one attached hydrogen (secondary N) is 1. The molecule has 4 rings (SSSR count). The van der Waals surface area contributed by atoms with Crippen molar-refractivity contribution in [3.63, 3.8) is 0 Å². The number of nitrogens with zero attached hydrogens (tertiary/aromatic N) is 2. The van der Waals surface area contributed by atoms with Crippen LogP contribution in [0.4, 0.5) is 0 Å². The van der Waals surface area contributed by atoms with Gasteiger partial charge in [0, 0.05) is 26.2 Å². The second-order valence-corrected chi connectivity index (χ2v) is 8.47. The van der Waals surface area contributed by atoms with Gasteiger partial charge in [-0.1, -0.05) is 12.8 Å². The van der Waals surface area contributed by atoms with Gasteiger partial charge >= 0.3 is 0 Å². The van der Waals surface area contributed by atoms with Crippen LogP contribution in [0.2, 0.25) is 0 Å². The van der Waals surface area contributed by atoms with Gasteiger partial charge in [0.2, 0.25) is 5.91 Å². The third-order valence-corrected chi connectivity index (χ3v) is 7.08. The summed E-state index contributed by atoms with van der Waals surface area (Å²) < 4.78 is 0. The Kier molecular flexibility index (Phi) is 4.64. The van der Waals surface area contributed by atoms with Crippen LogP contribution >= 0.6 is 0 Å². The summed E-state index contributed by atoms with van der Waals surface area (Å²) in [6, 6.07) is 0. The predicted octanol–water partition coefficient (Wildman–Crippen LogP) is 2.10. The van der Waals surface area contributed by atoms with Gasteiger partial charge in [0.15, 0.2) is 0 Å². The Balaban J connectivity index is 1.33. The molecule has 23 heavy (non-hydrogen) atoms. The highest BCUT2D eigenvalue weighted by atomic mass is 16.2. The quantitative estimate of drug-likeness (QED) is 0.865. The maximum atomic E-state index is 13.3. The van der Waals surface area contributed by atoms with Crippen LogP contribution in [0.15, 0.2) is 0 Å². The molecule has 1 amide bonds. The zero-order valence-electron chi connectivity index (χ0n) is 14.6. The fourth-order valence-corrected chi connectivity index (χ4v) is 5.63. The molecule has 0 aromatic heterocycles. The number of hydrogen-bond donors (Lipinski definition) is 1. The van der Waals surface area contributed by atoms with Crippen LogP contribution in [-0.2, 0) is 4.79 Å². The molecule has 3 aliphatic heterocycles. The van der Waals surface area contributed by atoms with E-state index in [1.807, 2.05) is 0 Å². The fourth-order valence-electron chi connectivity index (χ4n) is 5.63. The molecule has 130 valence electrons. The summed E-state index contributed by atoms with van der Waals surface area (Å²) >= 11 is 0. The molecular weight excluding hydrogens is 286 g/mol. The number of likely N-dealkylation sites (tertiary alicyclic amines) is 2. The Morgan fingerprint density at radius 3 is 2.57 bits per heavy atom. The first-order valence-corrected chi connectivity index (χ1v) is 10.0. The molecule has 1 aliphatic carbocycles. The van der Waals surface area contributed by atoms with Crippen LogP contribution in [0.3, 0.4) is 0 Å². The topological polar surface area (TPSA) is 35.6 Å². The molecule has 3 saturated heterocycles. The molecule has 2 atom stereocenters. The van der Waals surface area contributed by atoms with Crippen molar-refractivity contribution in [3.8, 4) is 0 Å². The van der Waals surface area contributed by atoms with E-state index in [2.05, 4.69) is 15.1 Å². The lowest BCUT2D eigenvalue weighted by Crippen LogP contribution is -2.52. The third-order valence-electron chi connectivity index (χ3n) is 7.08. The molecule has 0 aromatic rings. The second-order valence-electron chi connectivity index (χ2n) is 8.47. The third kappa shape index (κ3) is 3.05. The molecular formula is C19H33N3O. The Morgan fingerprint density at radius 1 is 1.00 bits per heavy atom. The monoisotopic (exact) mass is 319 g/mol. The zero-order chi connectivity index (χ0) is 15.7. The van der Waals surface area contributed by atoms with Crippen molar-refractivity contribution in [1.82, 2.24) is 15.1 Å². The average molecular weight is 319 g/mol. The number of fused-ring (bicyclic) bond motifs is 1. The molecule has 3 heterocycles. The van der Waals surface area contributed by atoms with Crippen molar-refractivity contribution >= 4 is 5.91 Å². The largest absolute Gasteiger partial charge is 0.342 e. The van der Waals surface area contributed by atoms with E-state index >= 15 is 0 Å². The summed E-state index contributed by atoms with van der Waals surface area (Å²) in [5.41, 5.74) is -0.0416. The van der Waals surface area contributed by atoms with Crippen molar-refractivity contribution in [1.29, 1.82) is 0 Å². The van der Waals surface area contributed by atoms with Crippen LogP contribution in [0.1, 0.15) is 51.4 Å². The number of rotatable bonds is 3. The summed E-state index contributed by atoms with van der Waals surface area (Å²) in [5, 5.41) is 3.53. The van der Waals surface area contributed by atoms with Crippen LogP contribution < -0.4 is 5.32 Å². The van der Waals surface area contributed by atoms with Gasteiger partial charge in [0.25, 0.3) is 0 Å². The van der Waals surface area contributed by atoms with Crippen LogP contribution in [0.5, 0.6) is 0 Å². The molecule has 0 radical (unpaired) electrons. The Hall–Kier alpha value is -0.610. The fraction of sp³-hybridized carbons (Fsp3) is 0.947. The van der Waals surface area contributed by atoms with E-state index in [0.29, 0.717) is 11.8 Å². The van der Waals surface area contributed by atoms with E-state index in [-0.39, 0.29) is 5.41 Å². The van der Waals surface area contributed by atoms with E-state index in [1.54, 1.807) is 0 Å². The van der Waals surface area contributed by atoms with Gasteiger partial charge in [-0.25, -0.2) is 0 Å². The smallest absolute Gasteiger partial charge is 0.230 e. The Labute approximate surface area is 141 Å². The van der Waals surface area contributed by atoms with E-state index in [1.165, 1.54) is 64.6 Å². The minimum Gasteiger partial charge on any atom is -0.342 e. The molecule has 0 aromatic carbocycles. The van der Waals surface area contributed by atoms with Gasteiger partial charge < -0.3 is 15.1 Å². The van der Waals surface area contributed by atoms with Gasteiger partial charge in [0.05, 0.1) is 5.41 Å². The van der Waals surface area contributed by atoms with Crippen molar-refractivity contribution in [3.05, 3.63) is 0 Å². The molecule has 1 N–H and O–H groups in total. The molecule has 4 heteroatoms. The van der Waals surface area contributed by atoms with Crippen molar-refractivity contribution < 1.29 is 4.79 Å². The van der Waals surface area contributed by atoms with Gasteiger partial charge in [0.1, 0.15) is 0 Å². The highest BCUT2D eigenvalue weighted by Gasteiger charge is 2.51. The minimum atomic E-state index is -0.0416. The first-order valence-electron chi connectivity index (χ1n) is 10.0. The standard InChI is InChI=1S/C19H33N3O/c23-18(19-8-2-1-5-17(19)13-20-15-19)22-11-6-16(7-12-22)14-21-9-3-4-10-21/h16-17,20H,1-15H2/t17-,19+/m0/s1. The lowest BCUT2D eigenvalue weighted by Gasteiger charge is -2.43. The van der Waals surface area contributed by atoms with Crippen molar-refractivity contribution in [2.24, 2.45) is 17.3 Å². The maximum Gasteiger partial charge on any atom is 0.230 e. The molecule has 4 aliphatic rings. The first-order chi connectivity index (χ1) is 11.3. The van der Waals surface area contributed by atoms with Gasteiger partial charge in [-0.2, -0.15) is 0 Å². The van der Waals surface area contributed by atoms with Crippen LogP contribution in [0, 0.1) is 17.3 Å². The van der Waals surface area contributed by atoms with E-state index < -0.39 is 0 Å². The number of amides is 1. The average Bonchev–Trinajstić information content (AvgIpc) is 3.24. The summed E-state index contributed by atoms with van der Waals surface area (Å²) in [6.07, 6.45) is 10.1. The van der Waals surface area contributed by atoms with Gasteiger partial charge in [-0.3, -0.25) is 4.79 Å². The minimum absolute atomic E-state index is 0.0416. The van der Waals surface area contributed by atoms with Crippen molar-refractivity contribution in [2.75, 3.05) is 45.8 Å². The molecule has 1 saturated carbocycles. The van der Waals surface area contributed by atoms with Crippen LogP contribution in [0.25, 0.3) is 0 Å². The molecule has 4 nitrogen and oxygen atoms in total. The molecule has 4 fully saturated rings. The summed E-state index contributed by atoms with van der Waals surface area (Å²) in [6.45, 7) is 7.89. The Morgan fingerprint density at radius 2 is 1.78 bits per heavy atom. The number of carbonyl (C=O) groups excluding carboxylic acids is 1. The number of carbonyl (C=O) groups is 1. The maximum absolute atomic E-state index is 13.3. The summed E-state index contributed by atoms with van der Waals surface area (Å²) in [4.78, 5) is 18.1. The van der Waals surface area contributed by atoms with E-state index in [9.17, 15) is 4.79 Å². The van der Waals surface area contributed by atoms with Gasteiger partial charge in [-0.15, -0.1) is 0 Å². The van der Waals surface area contributed by atoms with E-state index in [0.717, 1.165) is 38.5 Å². The summed E-state index contributed by atoms with van der Waals surface area (Å²) in [5.74, 6) is 1.91. The first kappa shape index (κ1) is 15.9. The SMILES string of the molecule is O=C(N1CCC(CN2CCCC2)CC1)[C@@]12CCCC[C@H]1CNC2. The Bertz CT molecular complexity index is 426. The lowest BCUT2D eigenvalue weighted by molar-refractivity contribution is -0.147. The van der Waals surface area contributed by atoms with E-state index in [4.69, 9.17) is 0 Å². The zero-order valence-corrected chi connectivity index (χ0v) is 14.6. The molecule has 0 bridgehead atoms. The molecule has 0 spiro atoms. The predicted molar refractivity (Wildman–Crippen MR) is 92.2 cm³/mol. The highest BCUT2D eigenvalue weighted by Crippen LogP contribution is 2.45. The van der Waals surface area contributed by atoms with Crippen LogP contribution in [-0.4, -0.2) is 61.5 Å². The lowest BCUT2D eigenvalue weighted by atomic mass is 9.67. The normalized spacial score (nSPS) is 36.3. The highest BCUT2D eigenvalue weighted by molar-refractivity contribution is 5.84. The summed E-state index contributed by atoms with van der Waals surface area (Å²) in [7, 11) is 0. The van der Waals surface area contributed by atoms with Gasteiger partial charge in [-0.05, 0) is 70.0 Å². The second kappa shape index (κ2) is 6.72.